The second-order valence-corrected chi connectivity index (χ2v) is 19.5. The van der Waals surface area contributed by atoms with Crippen LogP contribution in [0.2, 0.25) is 0 Å². The number of amides is 8. The molecule has 4 aromatic rings. The molecule has 3 aliphatic heterocycles. The van der Waals surface area contributed by atoms with Crippen LogP contribution in [0.5, 0.6) is 0 Å². The van der Waals surface area contributed by atoms with Crippen LogP contribution >= 0.6 is 23.5 Å². The van der Waals surface area contributed by atoms with Crippen molar-refractivity contribution in [3.63, 3.8) is 0 Å². The molecule has 4 atom stereocenters. The summed E-state index contributed by atoms with van der Waals surface area (Å²) < 4.78 is 18.1. The summed E-state index contributed by atoms with van der Waals surface area (Å²) in [6.45, 7) is 5.94. The SMILES string of the molecule is CCN1CCN(C(=O)N[C@H](C(=O)N[C@@H]2C(=O)N3C(C(=O)O)=C(CSc4nnnn4C)CS[C@H]23)c2ccc(NC(=O)OCC(NC(=O)OC(C)(C)C)C(=O)OC(c3ccccc3)c3ccccc3)cc2)C(=O)C1=O.[H-].[Na+]. The number of β-lactam (4-membered cyclic amide) rings is 1. The molecule has 5 N–H and O–H groups in total. The number of carboxylic acid groups (broad SMARTS) is 1. The molecule has 386 valence electrons. The van der Waals surface area contributed by atoms with E-state index in [9.17, 15) is 48.3 Å². The van der Waals surface area contributed by atoms with Gasteiger partial charge in [-0.05, 0) is 72.5 Å². The number of urea groups is 1. The number of alkyl carbamates (subject to hydrolysis) is 1. The second-order valence-electron chi connectivity index (χ2n) is 17.4. The van der Waals surface area contributed by atoms with Gasteiger partial charge in [0.05, 0.1) is 0 Å². The van der Waals surface area contributed by atoms with Crippen LogP contribution in [0.3, 0.4) is 0 Å². The van der Waals surface area contributed by atoms with E-state index >= 15 is 0 Å². The Balaban J connectivity index is 0.00000520. The first-order chi connectivity index (χ1) is 34.8. The summed E-state index contributed by atoms with van der Waals surface area (Å²) >= 11 is 2.40. The second kappa shape index (κ2) is 24.8. The van der Waals surface area contributed by atoms with Crippen molar-refractivity contribution >= 4 is 83.0 Å². The van der Waals surface area contributed by atoms with E-state index in [1.807, 2.05) is 0 Å². The number of aliphatic carboxylic acids is 1. The number of thioether (sulfide) groups is 2. The Morgan fingerprint density at radius 3 is 2.11 bits per heavy atom. The zero-order valence-corrected chi connectivity index (χ0v) is 44.6. The molecule has 3 aliphatic rings. The van der Waals surface area contributed by atoms with Crippen LogP contribution in [0.25, 0.3) is 0 Å². The van der Waals surface area contributed by atoms with E-state index in [0.717, 1.165) is 4.90 Å². The van der Waals surface area contributed by atoms with Crippen molar-refractivity contribution in [2.45, 2.75) is 68.1 Å². The minimum Gasteiger partial charge on any atom is -1.00 e. The largest absolute Gasteiger partial charge is 1.00 e. The van der Waals surface area contributed by atoms with Gasteiger partial charge in [-0.1, -0.05) is 84.6 Å². The van der Waals surface area contributed by atoms with Crippen LogP contribution in [-0.2, 0) is 50.0 Å². The van der Waals surface area contributed by atoms with Gasteiger partial charge in [0.15, 0.2) is 12.1 Å². The van der Waals surface area contributed by atoms with Gasteiger partial charge in [-0.15, -0.1) is 16.9 Å². The number of piperazine rings is 1. The monoisotopic (exact) mass is 1070 g/mol. The molecular weight excluding hydrogens is 1010 g/mol. The molecular formula is C47H52N11NaO13S2. The number of hydrogen-bond donors (Lipinski definition) is 5. The Morgan fingerprint density at radius 1 is 0.878 bits per heavy atom. The molecule has 0 saturated carbocycles. The zero-order valence-electron chi connectivity index (χ0n) is 42.0. The average Bonchev–Trinajstić information content (AvgIpc) is 3.78. The number of anilines is 1. The summed E-state index contributed by atoms with van der Waals surface area (Å²) in [5.74, 6) is -5.64. The number of aromatic nitrogens is 4. The van der Waals surface area contributed by atoms with Crippen molar-refractivity contribution in [2.75, 3.05) is 43.1 Å². The fraction of sp³-hybridized carbons (Fsp3) is 0.362. The van der Waals surface area contributed by atoms with Crippen LogP contribution in [0.15, 0.2) is 101 Å². The minimum absolute atomic E-state index is 0. The number of nitrogens with zero attached hydrogens (tertiary/aromatic N) is 7. The number of nitrogens with one attached hydrogen (secondary N) is 4. The number of hydrogen-bond acceptors (Lipinski definition) is 17. The van der Waals surface area contributed by atoms with Gasteiger partial charge in [-0.2, -0.15) is 0 Å². The molecule has 7 rings (SSSR count). The van der Waals surface area contributed by atoms with Gasteiger partial charge >= 0.3 is 71.5 Å². The summed E-state index contributed by atoms with van der Waals surface area (Å²) in [4.78, 5) is 123. The molecule has 3 aromatic carbocycles. The van der Waals surface area contributed by atoms with E-state index in [2.05, 4.69) is 36.8 Å². The quantitative estimate of drug-likeness (QED) is 0.0233. The summed E-state index contributed by atoms with van der Waals surface area (Å²) in [5.41, 5.74) is 0.707. The Hall–Kier alpha value is -7.00. The number of benzene rings is 3. The van der Waals surface area contributed by atoms with Crippen molar-refractivity contribution in [3.05, 3.63) is 113 Å². The number of rotatable bonds is 17. The minimum atomic E-state index is -1.61. The molecule has 4 heterocycles. The molecule has 24 nitrogen and oxygen atoms in total. The predicted octanol–water partition coefficient (Wildman–Crippen LogP) is 0.0735. The number of aryl methyl sites for hydroxylation is 1. The Kier molecular flexibility index (Phi) is 18.9. The molecule has 74 heavy (non-hydrogen) atoms. The maximum Gasteiger partial charge on any atom is 1.00 e. The van der Waals surface area contributed by atoms with E-state index < -0.39 is 95.6 Å². The van der Waals surface area contributed by atoms with E-state index in [1.165, 1.54) is 57.4 Å². The van der Waals surface area contributed by atoms with Crippen molar-refractivity contribution in [1.29, 1.82) is 0 Å². The zero-order chi connectivity index (χ0) is 52.6. The maximum absolute atomic E-state index is 14.2. The fourth-order valence-electron chi connectivity index (χ4n) is 7.67. The Labute approximate surface area is 455 Å². The van der Waals surface area contributed by atoms with Crippen molar-refractivity contribution in [2.24, 2.45) is 7.05 Å². The van der Waals surface area contributed by atoms with Crippen molar-refractivity contribution in [1.82, 2.24) is 50.9 Å². The van der Waals surface area contributed by atoms with Crippen LogP contribution in [0, 0.1) is 0 Å². The number of esters is 1. The van der Waals surface area contributed by atoms with E-state index in [1.54, 1.807) is 95.4 Å². The van der Waals surface area contributed by atoms with Gasteiger partial charge in [0.25, 0.3) is 5.91 Å². The van der Waals surface area contributed by atoms with Gasteiger partial charge < -0.3 is 41.6 Å². The molecule has 0 spiro atoms. The molecule has 0 aliphatic carbocycles. The third-order valence-electron chi connectivity index (χ3n) is 11.3. The van der Waals surface area contributed by atoms with Crippen molar-refractivity contribution < 1.29 is 93.5 Å². The normalized spacial score (nSPS) is 17.2. The maximum atomic E-state index is 14.2. The summed E-state index contributed by atoms with van der Waals surface area (Å²) in [5, 5.41) is 31.1. The average molecular weight is 1070 g/mol. The first-order valence-electron chi connectivity index (χ1n) is 22.6. The van der Waals surface area contributed by atoms with Crippen LogP contribution in [0.4, 0.5) is 20.1 Å². The van der Waals surface area contributed by atoms with E-state index in [-0.39, 0.29) is 79.1 Å². The number of tetrazole rings is 1. The topological polar surface area (TPSA) is 303 Å². The number of carbonyl (C=O) groups excluding carboxylic acids is 8. The number of ether oxygens (including phenoxy) is 3. The van der Waals surface area contributed by atoms with Gasteiger partial charge in [0, 0.05) is 43.9 Å². The fourth-order valence-corrected chi connectivity index (χ4v) is 10.0. The van der Waals surface area contributed by atoms with Gasteiger partial charge in [0.2, 0.25) is 11.1 Å². The summed E-state index contributed by atoms with van der Waals surface area (Å²) in [7, 11) is 1.62. The molecule has 0 radical (unpaired) electrons. The molecule has 27 heteroatoms. The molecule has 1 unspecified atom stereocenters. The Morgan fingerprint density at radius 2 is 1.53 bits per heavy atom. The summed E-state index contributed by atoms with van der Waals surface area (Å²) in [6.07, 6.45) is -2.95. The third kappa shape index (κ3) is 13.6. The van der Waals surface area contributed by atoms with Gasteiger partial charge in [0.1, 0.15) is 35.4 Å². The smallest absolute Gasteiger partial charge is 1.00 e. The summed E-state index contributed by atoms with van der Waals surface area (Å²) in [6, 6.07) is 17.7. The first kappa shape index (κ1) is 56.3. The van der Waals surface area contributed by atoms with Crippen LogP contribution in [0.1, 0.15) is 58.0 Å². The predicted molar refractivity (Wildman–Crippen MR) is 261 cm³/mol. The molecule has 2 fully saturated rings. The number of carbonyl (C=O) groups is 9. The number of fused-ring (bicyclic) bond motifs is 1. The van der Waals surface area contributed by atoms with E-state index in [0.29, 0.717) is 26.8 Å². The van der Waals surface area contributed by atoms with Crippen molar-refractivity contribution in [3.8, 4) is 0 Å². The van der Waals surface area contributed by atoms with Gasteiger partial charge in [-0.25, -0.2) is 28.7 Å². The number of imide groups is 1. The number of carboxylic acids is 1. The molecule has 0 bridgehead atoms. The van der Waals surface area contributed by atoms with Gasteiger partial charge in [-0.3, -0.25) is 34.3 Å². The van der Waals surface area contributed by atoms with Crippen LogP contribution in [-0.4, -0.2) is 155 Å². The van der Waals surface area contributed by atoms with Crippen LogP contribution < -0.4 is 50.8 Å². The first-order valence-corrected chi connectivity index (χ1v) is 24.7. The third-order valence-corrected chi connectivity index (χ3v) is 13.7. The molecule has 1 aromatic heterocycles. The Bertz CT molecular complexity index is 2770. The molecule has 2 saturated heterocycles. The number of likely N-dealkylation sites (N-methyl/N-ethyl adjacent to an activating group) is 1. The standard InChI is InChI=1S/C47H51N11O13S2.Na.H/c1-6-56-21-22-57(39(62)38(56)61)43(66)51-32(36(59)50-33-37(60)58-34(41(63)64)29(24-72-40(33)58)25-73-44-52-53-54-55(44)5)26-17-19-30(20-18-26)48-45(67)69-23-31(49-46(68)71-47(2,3)4)42(65)70-35(27-13-9-7-10-14-27)28-15-11-8-12-16-28;;/h7-20,31-33,35,40H,6,21-25H2,1-5H3,(H,48,67)(H,49,68)(H,50,59)(H,51,66)(H,63,64);;/q;+1;-1/t31?,32-,33+,40+;;/m0../s1. The van der Waals surface area contributed by atoms with E-state index in [4.69, 9.17) is 14.2 Å². The molecule has 8 amide bonds.